The number of imidazole rings is 1. The molecule has 6 N–H and O–H groups in total. The van der Waals surface area contributed by atoms with Crippen molar-refractivity contribution in [2.24, 2.45) is 5.41 Å². The van der Waals surface area contributed by atoms with Gasteiger partial charge in [-0.1, -0.05) is 76.6 Å². The number of rotatable bonds is 17. The van der Waals surface area contributed by atoms with Gasteiger partial charge in [0.2, 0.25) is 17.7 Å². The highest BCUT2D eigenvalue weighted by Crippen LogP contribution is 2.22. The Hall–Kier alpha value is -5.10. The number of aromatic amines is 1. The van der Waals surface area contributed by atoms with E-state index in [4.69, 9.17) is 0 Å². The van der Waals surface area contributed by atoms with E-state index < -0.39 is 36.0 Å². The van der Waals surface area contributed by atoms with Crippen LogP contribution in [0.4, 0.5) is 0 Å². The highest BCUT2D eigenvalue weighted by molar-refractivity contribution is 5.98. The second-order valence-corrected chi connectivity index (χ2v) is 14.3. The first kappa shape index (κ1) is 38.7. The zero-order valence-corrected chi connectivity index (χ0v) is 30.5. The molecule has 0 spiro atoms. The van der Waals surface area contributed by atoms with Gasteiger partial charge in [0.15, 0.2) is 0 Å². The van der Waals surface area contributed by atoms with E-state index in [0.717, 1.165) is 16.6 Å². The van der Waals surface area contributed by atoms with Gasteiger partial charge in [0.25, 0.3) is 5.91 Å². The number of para-hydroxylation sites is 2. The Morgan fingerprint density at radius 2 is 1.45 bits per heavy atom. The number of aromatic nitrogens is 3. The molecule has 0 fully saturated rings. The second kappa shape index (κ2) is 18.2. The molecule has 4 rings (SSSR count). The molecule has 4 amide bonds. The first-order valence-electron chi connectivity index (χ1n) is 17.7. The van der Waals surface area contributed by atoms with Crippen LogP contribution in [-0.4, -0.2) is 69.3 Å². The van der Waals surface area contributed by atoms with Crippen molar-refractivity contribution in [3.05, 3.63) is 96.1 Å². The van der Waals surface area contributed by atoms with E-state index in [1.54, 1.807) is 19.1 Å². The molecule has 51 heavy (non-hydrogen) atoms. The molecule has 2 aromatic heterocycles. The molecular formula is C39H52N8O4. The maximum Gasteiger partial charge on any atom is 0.252 e. The van der Waals surface area contributed by atoms with Crippen LogP contribution in [0.15, 0.2) is 79.1 Å². The summed E-state index contributed by atoms with van der Waals surface area (Å²) in [6.45, 7) is 11.9. The van der Waals surface area contributed by atoms with Crippen molar-refractivity contribution in [3.63, 3.8) is 0 Å². The van der Waals surface area contributed by atoms with Gasteiger partial charge in [0.05, 0.1) is 23.1 Å². The fourth-order valence-electron chi connectivity index (χ4n) is 5.77. The fourth-order valence-corrected chi connectivity index (χ4v) is 5.77. The summed E-state index contributed by atoms with van der Waals surface area (Å²) < 4.78 is 0. The van der Waals surface area contributed by atoms with Gasteiger partial charge in [-0.3, -0.25) is 24.2 Å². The number of hydrogen-bond acceptors (Lipinski definition) is 7. The Balaban J connectivity index is 1.42. The Labute approximate surface area is 300 Å². The lowest BCUT2D eigenvalue weighted by Gasteiger charge is -2.29. The minimum Gasteiger partial charge on any atom is -0.350 e. The third-order valence-electron chi connectivity index (χ3n) is 8.50. The Morgan fingerprint density at radius 3 is 2.12 bits per heavy atom. The van der Waals surface area contributed by atoms with E-state index in [1.165, 1.54) is 12.4 Å². The molecule has 272 valence electrons. The second-order valence-electron chi connectivity index (χ2n) is 14.3. The molecular weight excluding hydrogens is 644 g/mol. The van der Waals surface area contributed by atoms with Crippen LogP contribution >= 0.6 is 0 Å². The highest BCUT2D eigenvalue weighted by atomic mass is 16.2. The van der Waals surface area contributed by atoms with E-state index in [9.17, 15) is 19.2 Å². The van der Waals surface area contributed by atoms with Gasteiger partial charge < -0.3 is 31.6 Å². The molecule has 0 radical (unpaired) electrons. The maximum absolute atomic E-state index is 13.8. The fraction of sp³-hybridized carbons (Fsp3) is 0.436. The lowest BCUT2D eigenvalue weighted by Crippen LogP contribution is -2.57. The summed E-state index contributed by atoms with van der Waals surface area (Å²) in [4.78, 5) is 65.6. The van der Waals surface area contributed by atoms with Crippen LogP contribution in [-0.2, 0) is 20.8 Å². The van der Waals surface area contributed by atoms with Crippen LogP contribution in [0.1, 0.15) is 88.6 Å². The quantitative estimate of drug-likeness (QED) is 0.0953. The first-order valence-corrected chi connectivity index (χ1v) is 17.7. The molecule has 0 aliphatic heterocycles. The van der Waals surface area contributed by atoms with Crippen molar-refractivity contribution in [2.45, 2.75) is 97.4 Å². The van der Waals surface area contributed by atoms with E-state index in [-0.39, 0.29) is 23.3 Å². The molecule has 12 heteroatoms. The average Bonchev–Trinajstić information content (AvgIpc) is 3.55. The van der Waals surface area contributed by atoms with Crippen molar-refractivity contribution in [1.29, 1.82) is 0 Å². The van der Waals surface area contributed by atoms with Crippen LogP contribution < -0.4 is 26.6 Å². The SMILES string of the molecule is CCC[C@H](NC(=O)[C@H](CC(C)(C)C)NC(=O)c1ccncc1)C(=O)N[C@H](CN[C@@H](C)C(=O)NC(C)c1nc2ccccc2[nH]1)Cc1ccccc1. The van der Waals surface area contributed by atoms with Gasteiger partial charge in [0, 0.05) is 30.5 Å². The molecule has 5 atom stereocenters. The number of nitrogens with one attached hydrogen (secondary N) is 6. The van der Waals surface area contributed by atoms with Gasteiger partial charge >= 0.3 is 0 Å². The molecule has 1 unspecified atom stereocenters. The molecule has 0 aliphatic rings. The Bertz CT molecular complexity index is 1710. The first-order chi connectivity index (χ1) is 24.3. The van der Waals surface area contributed by atoms with Gasteiger partial charge in [-0.2, -0.15) is 0 Å². The summed E-state index contributed by atoms with van der Waals surface area (Å²) >= 11 is 0. The summed E-state index contributed by atoms with van der Waals surface area (Å²) in [5.74, 6) is -0.697. The average molecular weight is 697 g/mol. The van der Waals surface area contributed by atoms with Crippen molar-refractivity contribution < 1.29 is 19.2 Å². The number of nitrogens with zero attached hydrogens (tertiary/aromatic N) is 2. The monoisotopic (exact) mass is 696 g/mol. The van der Waals surface area contributed by atoms with Crippen molar-refractivity contribution >= 4 is 34.7 Å². The normalized spacial score (nSPS) is 14.5. The predicted molar refractivity (Wildman–Crippen MR) is 199 cm³/mol. The summed E-state index contributed by atoms with van der Waals surface area (Å²) in [7, 11) is 0. The summed E-state index contributed by atoms with van der Waals surface area (Å²) in [5, 5.41) is 15.2. The third kappa shape index (κ3) is 12.0. The van der Waals surface area contributed by atoms with Crippen LogP contribution in [0, 0.1) is 5.41 Å². The topological polar surface area (TPSA) is 170 Å². The number of carbonyl (C=O) groups is 4. The minimum absolute atomic E-state index is 0.206. The smallest absolute Gasteiger partial charge is 0.252 e. The summed E-state index contributed by atoms with van der Waals surface area (Å²) in [5.41, 5.74) is 2.85. The number of carbonyl (C=O) groups excluding carboxylic acids is 4. The molecule has 2 heterocycles. The zero-order valence-electron chi connectivity index (χ0n) is 30.5. The van der Waals surface area contributed by atoms with E-state index in [0.29, 0.717) is 43.6 Å². The molecule has 0 aliphatic carbocycles. The lowest BCUT2D eigenvalue weighted by molar-refractivity contribution is -0.130. The lowest BCUT2D eigenvalue weighted by atomic mass is 9.87. The standard InChI is InChI=1S/C39H52N8O4/c1-7-13-32(46-38(51)33(23-39(4,5)6)47-36(49)28-18-20-40-21-19-28)37(50)43-29(22-27-14-9-8-10-15-27)24-41-26(3)35(48)42-25(2)34-44-30-16-11-12-17-31(30)45-34/h8-12,14-21,25-26,29,32-33,41H,7,13,22-24H2,1-6H3,(H,42,48)(H,43,50)(H,44,45)(H,46,51)(H,47,49)/t25?,26-,29-,32-,33-/m0/s1. The van der Waals surface area contributed by atoms with Crippen LogP contribution in [0.5, 0.6) is 0 Å². The molecule has 0 bridgehead atoms. The van der Waals surface area contributed by atoms with Crippen molar-refractivity contribution in [2.75, 3.05) is 6.54 Å². The molecule has 12 nitrogen and oxygen atoms in total. The van der Waals surface area contributed by atoms with Gasteiger partial charge in [-0.15, -0.1) is 0 Å². The highest BCUT2D eigenvalue weighted by Gasteiger charge is 2.31. The Kier molecular flexibility index (Phi) is 13.8. The van der Waals surface area contributed by atoms with Crippen LogP contribution in [0.25, 0.3) is 11.0 Å². The van der Waals surface area contributed by atoms with E-state index in [1.807, 2.05) is 89.2 Å². The summed E-state index contributed by atoms with van der Waals surface area (Å²) in [6, 6.07) is 17.6. The maximum atomic E-state index is 13.8. The van der Waals surface area contributed by atoms with Gasteiger partial charge in [-0.25, -0.2) is 4.98 Å². The number of amides is 4. The predicted octanol–water partition coefficient (Wildman–Crippen LogP) is 4.36. The van der Waals surface area contributed by atoms with Crippen molar-refractivity contribution in [3.8, 4) is 0 Å². The van der Waals surface area contributed by atoms with Crippen LogP contribution in [0.2, 0.25) is 0 Å². The third-order valence-corrected chi connectivity index (χ3v) is 8.50. The largest absolute Gasteiger partial charge is 0.350 e. The molecule has 0 saturated heterocycles. The van der Waals surface area contributed by atoms with Crippen molar-refractivity contribution in [1.82, 2.24) is 41.5 Å². The van der Waals surface area contributed by atoms with E-state index in [2.05, 4.69) is 41.5 Å². The zero-order chi connectivity index (χ0) is 37.0. The molecule has 2 aromatic carbocycles. The van der Waals surface area contributed by atoms with E-state index >= 15 is 0 Å². The summed E-state index contributed by atoms with van der Waals surface area (Å²) in [6.07, 6.45) is 4.96. The van der Waals surface area contributed by atoms with Gasteiger partial charge in [-0.05, 0) is 68.4 Å². The molecule has 4 aromatic rings. The number of fused-ring (bicyclic) bond motifs is 1. The van der Waals surface area contributed by atoms with Crippen LogP contribution in [0.3, 0.4) is 0 Å². The number of pyridine rings is 1. The number of H-pyrrole nitrogens is 1. The van der Waals surface area contributed by atoms with Gasteiger partial charge in [0.1, 0.15) is 17.9 Å². The Morgan fingerprint density at radius 1 is 0.784 bits per heavy atom. The molecule has 0 saturated carbocycles. The number of hydrogen-bond donors (Lipinski definition) is 6. The number of benzene rings is 2. The minimum atomic E-state index is -0.860.